The fraction of sp³-hybridized carbons (Fsp3) is 0.364. The molecule has 0 aliphatic rings. The van der Waals surface area contributed by atoms with Crippen molar-refractivity contribution in [3.05, 3.63) is 24.0 Å². The monoisotopic (exact) mass is 237 g/mol. The molecule has 1 unspecified atom stereocenters. The molecule has 6 heteroatoms. The van der Waals surface area contributed by atoms with Crippen LogP contribution in [0.25, 0.3) is 0 Å². The highest BCUT2D eigenvalue weighted by molar-refractivity contribution is 5.95. The number of carboxylic acid groups (broad SMARTS) is 1. The van der Waals surface area contributed by atoms with Crippen LogP contribution in [0.5, 0.6) is 0 Å². The fourth-order valence-corrected chi connectivity index (χ4v) is 1.15. The van der Waals surface area contributed by atoms with Crippen molar-refractivity contribution in [2.24, 2.45) is 0 Å². The molecular weight excluding hydrogens is 222 g/mol. The third-order valence-corrected chi connectivity index (χ3v) is 2.21. The average Bonchev–Trinajstić information content (AvgIpc) is 2.28. The minimum absolute atomic E-state index is 0.198. The van der Waals surface area contributed by atoms with Gasteiger partial charge in [-0.3, -0.25) is 14.6 Å². The molecule has 0 fully saturated rings. The Kier molecular flexibility index (Phi) is 4.03. The highest BCUT2D eigenvalue weighted by Gasteiger charge is 2.16. The summed E-state index contributed by atoms with van der Waals surface area (Å²) in [5, 5.41) is 11.0. The molecule has 17 heavy (non-hydrogen) atoms. The molecule has 0 aliphatic heterocycles. The first-order chi connectivity index (χ1) is 7.91. The van der Waals surface area contributed by atoms with Crippen molar-refractivity contribution in [3.63, 3.8) is 0 Å². The Balaban J connectivity index is 2.82. The topological polar surface area (TPSA) is 82.5 Å². The summed E-state index contributed by atoms with van der Waals surface area (Å²) < 4.78 is 0. The van der Waals surface area contributed by atoms with Crippen LogP contribution in [0.3, 0.4) is 0 Å². The molecule has 0 saturated carbocycles. The van der Waals surface area contributed by atoms with Gasteiger partial charge in [-0.2, -0.15) is 0 Å². The van der Waals surface area contributed by atoms with E-state index in [-0.39, 0.29) is 5.69 Å². The van der Waals surface area contributed by atoms with Crippen LogP contribution in [-0.2, 0) is 4.79 Å². The van der Waals surface area contributed by atoms with Crippen molar-refractivity contribution in [3.8, 4) is 0 Å². The summed E-state index contributed by atoms with van der Waals surface area (Å²) in [6.07, 6.45) is 1.51. The fourth-order valence-electron chi connectivity index (χ4n) is 1.15. The number of carbonyl (C=O) groups excluding carboxylic acids is 1. The summed E-state index contributed by atoms with van der Waals surface area (Å²) in [4.78, 5) is 28.0. The van der Waals surface area contributed by atoms with E-state index in [9.17, 15) is 9.59 Å². The maximum absolute atomic E-state index is 11.7. The lowest BCUT2D eigenvalue weighted by Crippen LogP contribution is -2.38. The Morgan fingerprint density at radius 2 is 2.12 bits per heavy atom. The zero-order valence-corrected chi connectivity index (χ0v) is 9.97. The van der Waals surface area contributed by atoms with Gasteiger partial charge in [0.2, 0.25) is 0 Å². The van der Waals surface area contributed by atoms with Crippen molar-refractivity contribution in [2.75, 3.05) is 19.0 Å². The molecule has 1 amide bonds. The lowest BCUT2D eigenvalue weighted by Gasteiger charge is -2.13. The Morgan fingerprint density at radius 3 is 2.65 bits per heavy atom. The third-order valence-electron chi connectivity index (χ3n) is 2.21. The molecule has 1 heterocycles. The van der Waals surface area contributed by atoms with Crippen molar-refractivity contribution in [2.45, 2.75) is 13.0 Å². The van der Waals surface area contributed by atoms with E-state index < -0.39 is 17.9 Å². The van der Waals surface area contributed by atoms with Gasteiger partial charge in [-0.15, -0.1) is 0 Å². The minimum Gasteiger partial charge on any atom is -0.480 e. The molecule has 1 rings (SSSR count). The molecule has 0 aliphatic carbocycles. The average molecular weight is 237 g/mol. The van der Waals surface area contributed by atoms with E-state index in [2.05, 4.69) is 10.3 Å². The van der Waals surface area contributed by atoms with Gasteiger partial charge in [0.25, 0.3) is 5.91 Å². The molecule has 6 nitrogen and oxygen atoms in total. The minimum atomic E-state index is -1.08. The molecule has 0 aromatic carbocycles. The number of hydrogen-bond acceptors (Lipinski definition) is 4. The highest BCUT2D eigenvalue weighted by atomic mass is 16.4. The number of amides is 1. The predicted molar refractivity (Wildman–Crippen MR) is 63.1 cm³/mol. The number of carboxylic acids is 1. The zero-order chi connectivity index (χ0) is 13.0. The SMILES string of the molecule is CC(NC(=O)c1cc(N(C)C)ccn1)C(=O)O. The number of aromatic nitrogens is 1. The number of carbonyl (C=O) groups is 2. The Hall–Kier alpha value is -2.11. The van der Waals surface area contributed by atoms with E-state index in [1.54, 1.807) is 12.1 Å². The quantitative estimate of drug-likeness (QED) is 0.789. The number of rotatable bonds is 4. The lowest BCUT2D eigenvalue weighted by atomic mass is 10.2. The maximum Gasteiger partial charge on any atom is 0.325 e. The number of nitrogens with one attached hydrogen (secondary N) is 1. The first-order valence-electron chi connectivity index (χ1n) is 5.09. The van der Waals surface area contributed by atoms with Crippen molar-refractivity contribution in [1.29, 1.82) is 0 Å². The number of aliphatic carboxylic acids is 1. The summed E-state index contributed by atoms with van der Waals surface area (Å²) >= 11 is 0. The van der Waals surface area contributed by atoms with Crippen LogP contribution in [0.1, 0.15) is 17.4 Å². The molecule has 0 spiro atoms. The molecule has 2 N–H and O–H groups in total. The summed E-state index contributed by atoms with van der Waals surface area (Å²) in [7, 11) is 3.69. The summed E-state index contributed by atoms with van der Waals surface area (Å²) in [6, 6.07) is 2.42. The maximum atomic E-state index is 11.7. The number of nitrogens with zero attached hydrogens (tertiary/aromatic N) is 2. The molecule has 0 radical (unpaired) electrons. The van der Waals surface area contributed by atoms with E-state index in [0.29, 0.717) is 0 Å². The largest absolute Gasteiger partial charge is 0.480 e. The molecule has 0 saturated heterocycles. The van der Waals surface area contributed by atoms with Gasteiger partial charge in [0, 0.05) is 26.0 Å². The van der Waals surface area contributed by atoms with E-state index in [4.69, 9.17) is 5.11 Å². The van der Waals surface area contributed by atoms with Gasteiger partial charge < -0.3 is 15.3 Å². The second-order valence-electron chi connectivity index (χ2n) is 3.83. The zero-order valence-electron chi connectivity index (χ0n) is 9.97. The standard InChI is InChI=1S/C11H15N3O3/c1-7(11(16)17)13-10(15)9-6-8(14(2)3)4-5-12-9/h4-7H,1-3H3,(H,13,15)(H,16,17). The van der Waals surface area contributed by atoms with Crippen LogP contribution in [0.2, 0.25) is 0 Å². The lowest BCUT2D eigenvalue weighted by molar-refractivity contribution is -0.138. The van der Waals surface area contributed by atoms with E-state index in [0.717, 1.165) is 5.69 Å². The van der Waals surface area contributed by atoms with Crippen molar-refractivity contribution < 1.29 is 14.7 Å². The molecule has 1 aromatic heterocycles. The van der Waals surface area contributed by atoms with E-state index in [1.165, 1.54) is 13.1 Å². The van der Waals surface area contributed by atoms with Gasteiger partial charge in [0.05, 0.1) is 0 Å². The summed E-state index contributed by atoms with van der Waals surface area (Å²) in [6.45, 7) is 1.40. The first-order valence-corrected chi connectivity index (χ1v) is 5.09. The van der Waals surface area contributed by atoms with Gasteiger partial charge >= 0.3 is 5.97 Å². The van der Waals surface area contributed by atoms with Crippen LogP contribution in [0.4, 0.5) is 5.69 Å². The molecule has 92 valence electrons. The van der Waals surface area contributed by atoms with E-state index in [1.807, 2.05) is 19.0 Å². The number of pyridine rings is 1. The smallest absolute Gasteiger partial charge is 0.325 e. The van der Waals surface area contributed by atoms with Gasteiger partial charge in [-0.25, -0.2) is 0 Å². The number of hydrogen-bond donors (Lipinski definition) is 2. The molecule has 1 atom stereocenters. The summed E-state index contributed by atoms with van der Waals surface area (Å²) in [5.41, 5.74) is 1.03. The predicted octanol–water partition coefficient (Wildman–Crippen LogP) is 0.350. The second kappa shape index (κ2) is 5.29. The molecule has 0 bridgehead atoms. The highest BCUT2D eigenvalue weighted by Crippen LogP contribution is 2.10. The number of anilines is 1. The van der Waals surface area contributed by atoms with Crippen LogP contribution in [0.15, 0.2) is 18.3 Å². The van der Waals surface area contributed by atoms with Gasteiger partial charge in [-0.05, 0) is 19.1 Å². The summed E-state index contributed by atoms with van der Waals surface area (Å²) in [5.74, 6) is -1.58. The van der Waals surface area contributed by atoms with Crippen LogP contribution < -0.4 is 10.2 Å². The molecule has 1 aromatic rings. The van der Waals surface area contributed by atoms with E-state index >= 15 is 0 Å². The molecular formula is C11H15N3O3. The second-order valence-corrected chi connectivity index (χ2v) is 3.83. The normalized spacial score (nSPS) is 11.7. The first kappa shape index (κ1) is 13.0. The van der Waals surface area contributed by atoms with Crippen LogP contribution >= 0.6 is 0 Å². The van der Waals surface area contributed by atoms with Crippen molar-refractivity contribution >= 4 is 17.6 Å². The van der Waals surface area contributed by atoms with Crippen LogP contribution in [-0.4, -0.2) is 42.1 Å². The Labute approximate surface area is 99.3 Å². The van der Waals surface area contributed by atoms with Gasteiger partial charge in [0.15, 0.2) is 0 Å². The van der Waals surface area contributed by atoms with Crippen molar-refractivity contribution in [1.82, 2.24) is 10.3 Å². The Morgan fingerprint density at radius 1 is 1.47 bits per heavy atom. The van der Waals surface area contributed by atoms with Gasteiger partial charge in [0.1, 0.15) is 11.7 Å². The Bertz CT molecular complexity index is 432. The van der Waals surface area contributed by atoms with Crippen LogP contribution in [0, 0.1) is 0 Å². The van der Waals surface area contributed by atoms with Gasteiger partial charge in [-0.1, -0.05) is 0 Å². The third kappa shape index (κ3) is 3.44.